The molecule has 1 atom stereocenters. The average Bonchev–Trinajstić information content (AvgIpc) is 2.77. The van der Waals surface area contributed by atoms with Gasteiger partial charge in [0.05, 0.1) is 25.5 Å². The third kappa shape index (κ3) is 3.03. The Balaban J connectivity index is 2.05. The summed E-state index contributed by atoms with van der Waals surface area (Å²) in [5.74, 6) is 0. The van der Waals surface area contributed by atoms with E-state index in [2.05, 4.69) is 10.3 Å². The maximum absolute atomic E-state index is 9.95. The first kappa shape index (κ1) is 12.0. The van der Waals surface area contributed by atoms with E-state index >= 15 is 0 Å². The minimum Gasteiger partial charge on any atom is -0.390 e. The summed E-state index contributed by atoms with van der Waals surface area (Å²) in [5, 5.41) is 26.9. The first-order valence-electron chi connectivity index (χ1n) is 5.12. The van der Waals surface area contributed by atoms with Crippen molar-refractivity contribution in [3.8, 4) is 0 Å². The van der Waals surface area contributed by atoms with Crippen molar-refractivity contribution in [2.45, 2.75) is 19.3 Å². The summed E-state index contributed by atoms with van der Waals surface area (Å²) in [6.07, 6.45) is 0.916. The summed E-state index contributed by atoms with van der Waals surface area (Å²) in [6, 6.07) is 6.97. The SMILES string of the molecule is OCc1cn(C[C@H](O)c2ccc(Cl)cc2)nn1. The molecule has 90 valence electrons. The van der Waals surface area contributed by atoms with E-state index in [0.717, 1.165) is 5.56 Å². The molecule has 0 radical (unpaired) electrons. The van der Waals surface area contributed by atoms with E-state index in [-0.39, 0.29) is 13.2 Å². The van der Waals surface area contributed by atoms with Crippen molar-refractivity contribution < 1.29 is 10.2 Å². The van der Waals surface area contributed by atoms with Crippen LogP contribution in [0.25, 0.3) is 0 Å². The van der Waals surface area contributed by atoms with Gasteiger partial charge in [0.15, 0.2) is 0 Å². The molecule has 0 spiro atoms. The van der Waals surface area contributed by atoms with Crippen molar-refractivity contribution in [3.05, 3.63) is 46.7 Å². The molecule has 1 heterocycles. The first-order valence-corrected chi connectivity index (χ1v) is 5.50. The molecule has 2 N–H and O–H groups in total. The predicted molar refractivity (Wildman–Crippen MR) is 62.4 cm³/mol. The van der Waals surface area contributed by atoms with Crippen LogP contribution in [0.1, 0.15) is 17.4 Å². The zero-order chi connectivity index (χ0) is 12.3. The van der Waals surface area contributed by atoms with E-state index in [1.54, 1.807) is 30.5 Å². The normalized spacial score (nSPS) is 12.6. The fraction of sp³-hybridized carbons (Fsp3) is 0.273. The van der Waals surface area contributed by atoms with Crippen LogP contribution in [0.5, 0.6) is 0 Å². The molecule has 0 saturated heterocycles. The molecule has 17 heavy (non-hydrogen) atoms. The largest absolute Gasteiger partial charge is 0.390 e. The Morgan fingerprint density at radius 1 is 1.29 bits per heavy atom. The van der Waals surface area contributed by atoms with Crippen LogP contribution in [0.15, 0.2) is 30.5 Å². The van der Waals surface area contributed by atoms with Gasteiger partial charge in [-0.05, 0) is 17.7 Å². The van der Waals surface area contributed by atoms with Gasteiger partial charge in [-0.3, -0.25) is 0 Å². The highest BCUT2D eigenvalue weighted by Gasteiger charge is 2.09. The maximum Gasteiger partial charge on any atom is 0.108 e. The van der Waals surface area contributed by atoms with Crippen molar-refractivity contribution in [2.75, 3.05) is 0 Å². The molecule has 5 nitrogen and oxygen atoms in total. The summed E-state index contributed by atoms with van der Waals surface area (Å²) in [4.78, 5) is 0. The molecule has 6 heteroatoms. The molecule has 0 unspecified atom stereocenters. The fourth-order valence-electron chi connectivity index (χ4n) is 1.47. The highest BCUT2D eigenvalue weighted by atomic mass is 35.5. The number of nitrogens with zero attached hydrogens (tertiary/aromatic N) is 3. The van der Waals surface area contributed by atoms with Gasteiger partial charge in [0.2, 0.25) is 0 Å². The number of rotatable bonds is 4. The lowest BCUT2D eigenvalue weighted by Crippen LogP contribution is -2.09. The van der Waals surface area contributed by atoms with Crippen LogP contribution in [0.3, 0.4) is 0 Å². The second-order valence-corrected chi connectivity index (χ2v) is 4.09. The van der Waals surface area contributed by atoms with Gasteiger partial charge in [-0.15, -0.1) is 5.10 Å². The van der Waals surface area contributed by atoms with Gasteiger partial charge in [-0.2, -0.15) is 0 Å². The minimum absolute atomic E-state index is 0.156. The molecule has 0 fully saturated rings. The van der Waals surface area contributed by atoms with E-state index in [0.29, 0.717) is 10.7 Å². The zero-order valence-corrected chi connectivity index (χ0v) is 9.75. The molecule has 0 aliphatic heterocycles. The van der Waals surface area contributed by atoms with Gasteiger partial charge in [0, 0.05) is 5.02 Å². The Morgan fingerprint density at radius 3 is 2.59 bits per heavy atom. The van der Waals surface area contributed by atoms with E-state index in [1.807, 2.05) is 0 Å². The molecule has 0 aliphatic rings. The van der Waals surface area contributed by atoms with Gasteiger partial charge in [-0.25, -0.2) is 4.68 Å². The third-order valence-electron chi connectivity index (χ3n) is 2.36. The van der Waals surface area contributed by atoms with Crippen molar-refractivity contribution in [1.29, 1.82) is 0 Å². The topological polar surface area (TPSA) is 71.2 Å². The van der Waals surface area contributed by atoms with Gasteiger partial charge in [-0.1, -0.05) is 28.9 Å². The third-order valence-corrected chi connectivity index (χ3v) is 2.61. The number of hydrogen-bond donors (Lipinski definition) is 2. The summed E-state index contributed by atoms with van der Waals surface area (Å²) in [5.41, 5.74) is 1.24. The second kappa shape index (κ2) is 5.27. The van der Waals surface area contributed by atoms with Crippen LogP contribution in [-0.4, -0.2) is 25.2 Å². The van der Waals surface area contributed by atoms with Gasteiger partial charge in [0.25, 0.3) is 0 Å². The van der Waals surface area contributed by atoms with E-state index < -0.39 is 6.10 Å². The molecule has 1 aromatic carbocycles. The second-order valence-electron chi connectivity index (χ2n) is 3.66. The van der Waals surface area contributed by atoms with E-state index in [4.69, 9.17) is 16.7 Å². The van der Waals surface area contributed by atoms with Gasteiger partial charge >= 0.3 is 0 Å². The standard InChI is InChI=1S/C11H12ClN3O2/c12-9-3-1-8(2-4-9)11(17)6-15-5-10(7-16)13-14-15/h1-5,11,16-17H,6-7H2/t11-/m0/s1. The number of benzene rings is 1. The average molecular weight is 254 g/mol. The van der Waals surface area contributed by atoms with Crippen LogP contribution < -0.4 is 0 Å². The lowest BCUT2D eigenvalue weighted by molar-refractivity contribution is 0.150. The molecule has 0 aliphatic carbocycles. The molecular weight excluding hydrogens is 242 g/mol. The summed E-state index contributed by atoms with van der Waals surface area (Å²) in [7, 11) is 0. The molecule has 2 rings (SSSR count). The molecule has 2 aromatic rings. The van der Waals surface area contributed by atoms with Crippen LogP contribution in [0.4, 0.5) is 0 Å². The summed E-state index contributed by atoms with van der Waals surface area (Å²) < 4.78 is 1.49. The Morgan fingerprint density at radius 2 is 2.00 bits per heavy atom. The number of aromatic nitrogens is 3. The number of aliphatic hydroxyl groups is 2. The van der Waals surface area contributed by atoms with Crippen LogP contribution >= 0.6 is 11.6 Å². The lowest BCUT2D eigenvalue weighted by Gasteiger charge is -2.10. The van der Waals surface area contributed by atoms with Crippen molar-refractivity contribution in [2.24, 2.45) is 0 Å². The van der Waals surface area contributed by atoms with Crippen LogP contribution in [0, 0.1) is 0 Å². The van der Waals surface area contributed by atoms with E-state index in [1.165, 1.54) is 4.68 Å². The molecular formula is C11H12ClN3O2. The van der Waals surface area contributed by atoms with Crippen molar-refractivity contribution in [3.63, 3.8) is 0 Å². The van der Waals surface area contributed by atoms with Crippen molar-refractivity contribution in [1.82, 2.24) is 15.0 Å². The lowest BCUT2D eigenvalue weighted by atomic mass is 10.1. The minimum atomic E-state index is -0.680. The molecule has 1 aromatic heterocycles. The smallest absolute Gasteiger partial charge is 0.108 e. The Labute approximate surface area is 103 Å². The Hall–Kier alpha value is -1.43. The quantitative estimate of drug-likeness (QED) is 0.858. The molecule has 0 saturated carbocycles. The summed E-state index contributed by atoms with van der Waals surface area (Å²) in [6.45, 7) is 0.131. The van der Waals surface area contributed by atoms with Crippen molar-refractivity contribution >= 4 is 11.6 Å². The maximum atomic E-state index is 9.95. The number of aliphatic hydroxyl groups excluding tert-OH is 2. The number of halogens is 1. The van der Waals surface area contributed by atoms with Gasteiger partial charge in [0.1, 0.15) is 5.69 Å². The first-order chi connectivity index (χ1) is 8.19. The Bertz CT molecular complexity index is 484. The van der Waals surface area contributed by atoms with Gasteiger partial charge < -0.3 is 10.2 Å². The fourth-order valence-corrected chi connectivity index (χ4v) is 1.59. The zero-order valence-electron chi connectivity index (χ0n) is 8.99. The summed E-state index contributed by atoms with van der Waals surface area (Å²) >= 11 is 5.76. The highest BCUT2D eigenvalue weighted by molar-refractivity contribution is 6.30. The number of hydrogen-bond acceptors (Lipinski definition) is 4. The Kier molecular flexibility index (Phi) is 3.73. The predicted octanol–water partition coefficient (Wildman–Crippen LogP) is 1.16. The highest BCUT2D eigenvalue weighted by Crippen LogP contribution is 2.17. The van der Waals surface area contributed by atoms with Crippen LogP contribution in [-0.2, 0) is 13.2 Å². The van der Waals surface area contributed by atoms with E-state index in [9.17, 15) is 5.11 Å². The molecule has 0 amide bonds. The molecule has 0 bridgehead atoms. The monoisotopic (exact) mass is 253 g/mol. The van der Waals surface area contributed by atoms with Crippen LogP contribution in [0.2, 0.25) is 5.02 Å².